The van der Waals surface area contributed by atoms with E-state index in [0.717, 1.165) is 24.0 Å². The second-order valence-electron chi connectivity index (χ2n) is 8.73. The standard InChI is InChI=1S/C27H40N2O4S/c1-2-3-4-5-6-7-8-9-10-11-17-28-27(32)25-14-12-23(13-15-25)19-29(33-21-26(30)31)20-24-16-18-34-22-24/h12-16,18,22H,2-11,17,19-21H2,1H3,(H,28,32)(H,30,31). The summed E-state index contributed by atoms with van der Waals surface area (Å²) < 4.78 is 0. The Kier molecular flexibility index (Phi) is 14.2. The molecule has 0 saturated carbocycles. The number of carbonyl (C=O) groups excluding carboxylic acids is 1. The van der Waals surface area contributed by atoms with Crippen molar-refractivity contribution in [3.63, 3.8) is 0 Å². The highest BCUT2D eigenvalue weighted by atomic mass is 32.1. The highest BCUT2D eigenvalue weighted by Crippen LogP contribution is 2.14. The first-order valence-corrected chi connectivity index (χ1v) is 13.5. The maximum atomic E-state index is 12.4. The van der Waals surface area contributed by atoms with Gasteiger partial charge in [0.05, 0.1) is 6.54 Å². The zero-order valence-electron chi connectivity index (χ0n) is 20.5. The maximum absolute atomic E-state index is 12.4. The highest BCUT2D eigenvalue weighted by Gasteiger charge is 2.12. The SMILES string of the molecule is CCCCCCCCCCCCNC(=O)c1ccc(CN(Cc2ccsc2)OCC(=O)O)cc1. The molecule has 0 aliphatic heterocycles. The van der Waals surface area contributed by atoms with Crippen LogP contribution in [0.25, 0.3) is 0 Å². The molecule has 0 fully saturated rings. The molecule has 1 heterocycles. The molecule has 2 rings (SSSR count). The Balaban J connectivity index is 1.66. The first kappa shape index (κ1) is 28.0. The third-order valence-electron chi connectivity index (χ3n) is 5.70. The largest absolute Gasteiger partial charge is 0.479 e. The van der Waals surface area contributed by atoms with Crippen molar-refractivity contribution in [1.29, 1.82) is 0 Å². The average Bonchev–Trinajstić information content (AvgIpc) is 3.34. The summed E-state index contributed by atoms with van der Waals surface area (Å²) in [4.78, 5) is 28.8. The van der Waals surface area contributed by atoms with Gasteiger partial charge in [0.1, 0.15) is 0 Å². The van der Waals surface area contributed by atoms with Crippen LogP contribution in [-0.2, 0) is 22.7 Å². The molecule has 0 aliphatic rings. The van der Waals surface area contributed by atoms with Crippen LogP contribution < -0.4 is 5.32 Å². The van der Waals surface area contributed by atoms with Crippen molar-refractivity contribution < 1.29 is 19.5 Å². The molecule has 0 radical (unpaired) electrons. The topological polar surface area (TPSA) is 78.9 Å². The third-order valence-corrected chi connectivity index (χ3v) is 6.43. The number of carboxylic acids is 1. The van der Waals surface area contributed by atoms with Gasteiger partial charge in [0.15, 0.2) is 6.61 Å². The van der Waals surface area contributed by atoms with Gasteiger partial charge < -0.3 is 10.4 Å². The molecule has 34 heavy (non-hydrogen) atoms. The van der Waals surface area contributed by atoms with Crippen LogP contribution in [0.3, 0.4) is 0 Å². The van der Waals surface area contributed by atoms with E-state index in [1.54, 1.807) is 16.4 Å². The number of carboxylic acid groups (broad SMARTS) is 1. The number of amides is 1. The van der Waals surface area contributed by atoms with Gasteiger partial charge in [-0.25, -0.2) is 4.79 Å². The molecular weight excluding hydrogens is 448 g/mol. The van der Waals surface area contributed by atoms with Crippen LogP contribution >= 0.6 is 11.3 Å². The molecule has 0 bridgehead atoms. The fourth-order valence-electron chi connectivity index (χ4n) is 3.76. The lowest BCUT2D eigenvalue weighted by Crippen LogP contribution is -2.26. The van der Waals surface area contributed by atoms with Gasteiger partial charge in [-0.3, -0.25) is 9.63 Å². The molecule has 0 unspecified atom stereocenters. The van der Waals surface area contributed by atoms with E-state index in [4.69, 9.17) is 9.94 Å². The molecule has 0 aliphatic carbocycles. The van der Waals surface area contributed by atoms with Crippen LogP contribution in [-0.4, -0.2) is 35.2 Å². The van der Waals surface area contributed by atoms with Gasteiger partial charge in [-0.1, -0.05) is 76.8 Å². The fourth-order valence-corrected chi connectivity index (χ4v) is 4.42. The summed E-state index contributed by atoms with van der Waals surface area (Å²) in [6.45, 7) is 3.50. The van der Waals surface area contributed by atoms with Crippen molar-refractivity contribution in [1.82, 2.24) is 10.4 Å². The second kappa shape index (κ2) is 17.2. The van der Waals surface area contributed by atoms with E-state index in [9.17, 15) is 9.59 Å². The number of benzene rings is 1. The Morgan fingerprint density at radius 1 is 0.882 bits per heavy atom. The summed E-state index contributed by atoms with van der Waals surface area (Å²) in [7, 11) is 0. The number of nitrogens with one attached hydrogen (secondary N) is 1. The lowest BCUT2D eigenvalue weighted by molar-refractivity contribution is -0.190. The smallest absolute Gasteiger partial charge is 0.331 e. The van der Waals surface area contributed by atoms with Gasteiger partial charge in [0.2, 0.25) is 0 Å². The van der Waals surface area contributed by atoms with Gasteiger partial charge in [-0.15, -0.1) is 0 Å². The Morgan fingerprint density at radius 3 is 2.09 bits per heavy atom. The minimum absolute atomic E-state index is 0.0558. The Morgan fingerprint density at radius 2 is 1.50 bits per heavy atom. The number of rotatable bonds is 19. The van der Waals surface area contributed by atoms with Gasteiger partial charge in [-0.05, 0) is 46.5 Å². The number of unbranched alkanes of at least 4 members (excludes halogenated alkanes) is 9. The molecule has 1 aromatic heterocycles. The van der Waals surface area contributed by atoms with Crippen molar-refractivity contribution in [3.8, 4) is 0 Å². The number of nitrogens with zero attached hydrogens (tertiary/aromatic N) is 1. The zero-order chi connectivity index (χ0) is 24.4. The van der Waals surface area contributed by atoms with E-state index in [-0.39, 0.29) is 12.5 Å². The van der Waals surface area contributed by atoms with Gasteiger partial charge in [0.25, 0.3) is 5.91 Å². The maximum Gasteiger partial charge on any atom is 0.331 e. The molecule has 188 valence electrons. The predicted octanol–water partition coefficient (Wildman–Crippen LogP) is 6.42. The number of aliphatic carboxylic acids is 1. The molecule has 6 nitrogen and oxygen atoms in total. The zero-order valence-corrected chi connectivity index (χ0v) is 21.3. The van der Waals surface area contributed by atoms with E-state index in [0.29, 0.717) is 25.2 Å². The van der Waals surface area contributed by atoms with E-state index >= 15 is 0 Å². The molecule has 1 amide bonds. The first-order chi connectivity index (χ1) is 16.6. The van der Waals surface area contributed by atoms with Crippen molar-refractivity contribution >= 4 is 23.2 Å². The van der Waals surface area contributed by atoms with E-state index in [2.05, 4.69) is 12.2 Å². The Labute approximate surface area is 208 Å². The van der Waals surface area contributed by atoms with Crippen molar-refractivity contribution in [2.24, 2.45) is 0 Å². The molecule has 0 spiro atoms. The monoisotopic (exact) mass is 488 g/mol. The van der Waals surface area contributed by atoms with E-state index in [1.165, 1.54) is 51.4 Å². The van der Waals surface area contributed by atoms with Crippen LogP contribution in [0, 0.1) is 0 Å². The molecular formula is C27H40N2O4S. The highest BCUT2D eigenvalue weighted by molar-refractivity contribution is 7.07. The minimum Gasteiger partial charge on any atom is -0.479 e. The number of hydroxylamine groups is 2. The Bertz CT molecular complexity index is 809. The van der Waals surface area contributed by atoms with Crippen LogP contribution in [0.1, 0.15) is 92.6 Å². The lowest BCUT2D eigenvalue weighted by Gasteiger charge is -2.20. The van der Waals surface area contributed by atoms with Gasteiger partial charge in [0, 0.05) is 18.7 Å². The van der Waals surface area contributed by atoms with Crippen molar-refractivity contribution in [2.75, 3.05) is 13.2 Å². The molecule has 2 N–H and O–H groups in total. The minimum atomic E-state index is -1.01. The normalized spacial score (nSPS) is 11.1. The Hall–Kier alpha value is -2.22. The predicted molar refractivity (Wildman–Crippen MR) is 138 cm³/mol. The van der Waals surface area contributed by atoms with Gasteiger partial charge >= 0.3 is 5.97 Å². The first-order valence-electron chi connectivity index (χ1n) is 12.6. The molecule has 2 aromatic rings. The van der Waals surface area contributed by atoms with Crippen LogP contribution in [0.4, 0.5) is 0 Å². The fraction of sp³-hybridized carbons (Fsp3) is 0.556. The summed E-state index contributed by atoms with van der Waals surface area (Å²) in [5, 5.41) is 17.6. The third kappa shape index (κ3) is 12.3. The van der Waals surface area contributed by atoms with Crippen molar-refractivity contribution in [2.45, 2.75) is 84.2 Å². The summed E-state index contributed by atoms with van der Waals surface area (Å²) in [6.07, 6.45) is 12.8. The molecule has 1 aromatic carbocycles. The lowest BCUT2D eigenvalue weighted by atomic mass is 10.1. The van der Waals surface area contributed by atoms with E-state index in [1.807, 2.05) is 41.1 Å². The quantitative estimate of drug-likeness (QED) is 0.176. The number of carbonyl (C=O) groups is 2. The van der Waals surface area contributed by atoms with Crippen LogP contribution in [0.5, 0.6) is 0 Å². The number of thiophene rings is 1. The summed E-state index contributed by atoms with van der Waals surface area (Å²) in [6, 6.07) is 9.39. The summed E-state index contributed by atoms with van der Waals surface area (Å²) in [5.74, 6) is -1.07. The van der Waals surface area contributed by atoms with E-state index < -0.39 is 5.97 Å². The van der Waals surface area contributed by atoms with Crippen LogP contribution in [0.2, 0.25) is 0 Å². The number of hydrogen-bond acceptors (Lipinski definition) is 5. The van der Waals surface area contributed by atoms with Crippen molar-refractivity contribution in [3.05, 3.63) is 57.8 Å². The van der Waals surface area contributed by atoms with Gasteiger partial charge in [-0.2, -0.15) is 16.4 Å². The average molecular weight is 489 g/mol. The van der Waals surface area contributed by atoms with Crippen LogP contribution in [0.15, 0.2) is 41.1 Å². The molecule has 0 atom stereocenters. The summed E-state index contributed by atoms with van der Waals surface area (Å²) in [5.41, 5.74) is 2.65. The summed E-state index contributed by atoms with van der Waals surface area (Å²) >= 11 is 1.59. The number of hydrogen-bond donors (Lipinski definition) is 2. The second-order valence-corrected chi connectivity index (χ2v) is 9.51. The molecule has 0 saturated heterocycles. The molecule has 7 heteroatoms.